The Morgan fingerprint density at radius 2 is 2.25 bits per heavy atom. The summed E-state index contributed by atoms with van der Waals surface area (Å²) in [6.45, 7) is 4.59. The maximum atomic E-state index is 12.0. The summed E-state index contributed by atoms with van der Waals surface area (Å²) >= 11 is 0. The van der Waals surface area contributed by atoms with Crippen LogP contribution in [-0.2, 0) is 4.79 Å². The van der Waals surface area contributed by atoms with Gasteiger partial charge in [-0.05, 0) is 38.3 Å². The van der Waals surface area contributed by atoms with Crippen molar-refractivity contribution in [2.75, 3.05) is 18.4 Å². The third-order valence-electron chi connectivity index (χ3n) is 4.20. The fourth-order valence-corrected chi connectivity index (χ4v) is 3.05. The molecular formula is C17H22N6O. The number of nitrogens with zero attached hydrogens (tertiary/aromatic N) is 4. The maximum absolute atomic E-state index is 12.0. The van der Waals surface area contributed by atoms with Crippen molar-refractivity contribution < 1.29 is 4.79 Å². The summed E-state index contributed by atoms with van der Waals surface area (Å²) in [5.74, 6) is 2.08. The number of pyridine rings is 1. The van der Waals surface area contributed by atoms with Gasteiger partial charge >= 0.3 is 0 Å². The van der Waals surface area contributed by atoms with Crippen molar-refractivity contribution in [1.29, 1.82) is 0 Å². The van der Waals surface area contributed by atoms with Crippen LogP contribution in [0, 0.1) is 13.8 Å². The molecule has 0 aromatic carbocycles. The molecule has 126 valence electrons. The van der Waals surface area contributed by atoms with Crippen LogP contribution in [0.3, 0.4) is 0 Å². The fraction of sp³-hybridized carbons (Fsp3) is 0.412. The monoisotopic (exact) mass is 326 g/mol. The summed E-state index contributed by atoms with van der Waals surface area (Å²) in [7, 11) is 0. The lowest BCUT2D eigenvalue weighted by Crippen LogP contribution is -2.35. The van der Waals surface area contributed by atoms with Gasteiger partial charge in [0.2, 0.25) is 5.91 Å². The van der Waals surface area contributed by atoms with E-state index in [-0.39, 0.29) is 18.5 Å². The van der Waals surface area contributed by atoms with Crippen LogP contribution in [0.2, 0.25) is 0 Å². The zero-order valence-corrected chi connectivity index (χ0v) is 14.0. The molecule has 7 nitrogen and oxygen atoms in total. The van der Waals surface area contributed by atoms with E-state index in [2.05, 4.69) is 20.3 Å². The Hall–Kier alpha value is -2.54. The molecule has 1 amide bonds. The number of carbonyl (C=O) groups is 1. The molecule has 0 unspecified atom stereocenters. The van der Waals surface area contributed by atoms with Crippen LogP contribution in [0.1, 0.15) is 36.0 Å². The first-order chi connectivity index (χ1) is 11.6. The van der Waals surface area contributed by atoms with Gasteiger partial charge in [0.1, 0.15) is 17.5 Å². The quantitative estimate of drug-likeness (QED) is 0.890. The molecule has 0 bridgehead atoms. The van der Waals surface area contributed by atoms with Gasteiger partial charge in [0.05, 0.1) is 18.3 Å². The van der Waals surface area contributed by atoms with Crippen LogP contribution in [0.15, 0.2) is 24.4 Å². The summed E-state index contributed by atoms with van der Waals surface area (Å²) in [6.07, 6.45) is 3.59. The molecule has 0 aliphatic carbocycles. The van der Waals surface area contributed by atoms with Crippen LogP contribution in [-0.4, -0.2) is 38.8 Å². The second-order valence-electron chi connectivity index (χ2n) is 5.97. The Kier molecular flexibility index (Phi) is 4.71. The second kappa shape index (κ2) is 6.92. The van der Waals surface area contributed by atoms with Gasteiger partial charge in [0.25, 0.3) is 0 Å². The van der Waals surface area contributed by atoms with Gasteiger partial charge in [-0.15, -0.1) is 0 Å². The molecule has 2 aromatic rings. The number of likely N-dealkylation sites (tertiary alicyclic amines) is 1. The molecule has 1 saturated heterocycles. The number of amides is 1. The molecule has 3 heterocycles. The SMILES string of the molecule is Cc1nc(Nc2ncccc2C)cc([C@H]2CCCN2C(=O)CN)n1. The highest BCUT2D eigenvalue weighted by Gasteiger charge is 2.30. The summed E-state index contributed by atoms with van der Waals surface area (Å²) in [5.41, 5.74) is 7.41. The number of nitrogens with one attached hydrogen (secondary N) is 1. The van der Waals surface area contributed by atoms with E-state index in [1.807, 2.05) is 36.9 Å². The average Bonchev–Trinajstić information content (AvgIpc) is 3.05. The van der Waals surface area contributed by atoms with Crippen LogP contribution >= 0.6 is 0 Å². The Morgan fingerprint density at radius 3 is 3.00 bits per heavy atom. The standard InChI is InChI=1S/C17H22N6O/c1-11-5-3-7-19-17(11)22-15-9-13(20-12(2)21-15)14-6-4-8-23(14)16(24)10-18/h3,5,7,9,14H,4,6,8,10,18H2,1-2H3,(H,19,20,21,22)/t14-/m1/s1. The average molecular weight is 326 g/mol. The van der Waals surface area contributed by atoms with Gasteiger partial charge in [-0.25, -0.2) is 15.0 Å². The van der Waals surface area contributed by atoms with Gasteiger partial charge in [-0.2, -0.15) is 0 Å². The smallest absolute Gasteiger partial charge is 0.236 e. The number of hydrogen-bond acceptors (Lipinski definition) is 6. The number of hydrogen-bond donors (Lipinski definition) is 2. The summed E-state index contributed by atoms with van der Waals surface area (Å²) in [6, 6.07) is 5.75. The number of anilines is 2. The van der Waals surface area contributed by atoms with E-state index < -0.39 is 0 Å². The normalized spacial score (nSPS) is 17.1. The first kappa shape index (κ1) is 16.3. The largest absolute Gasteiger partial charge is 0.333 e. The van der Waals surface area contributed by atoms with Gasteiger partial charge < -0.3 is 16.0 Å². The molecular weight excluding hydrogens is 304 g/mol. The molecule has 7 heteroatoms. The van der Waals surface area contributed by atoms with Crippen LogP contribution in [0.25, 0.3) is 0 Å². The minimum absolute atomic E-state index is 0.0266. The fourth-order valence-electron chi connectivity index (χ4n) is 3.05. The van der Waals surface area contributed by atoms with Gasteiger partial charge in [-0.1, -0.05) is 6.07 Å². The van der Waals surface area contributed by atoms with Crippen molar-refractivity contribution >= 4 is 17.5 Å². The van der Waals surface area contributed by atoms with E-state index >= 15 is 0 Å². The molecule has 1 aliphatic heterocycles. The lowest BCUT2D eigenvalue weighted by molar-refractivity contribution is -0.130. The highest BCUT2D eigenvalue weighted by atomic mass is 16.2. The van der Waals surface area contributed by atoms with Gasteiger partial charge in [-0.3, -0.25) is 4.79 Å². The predicted molar refractivity (Wildman–Crippen MR) is 91.8 cm³/mol. The van der Waals surface area contributed by atoms with E-state index in [4.69, 9.17) is 5.73 Å². The highest BCUT2D eigenvalue weighted by molar-refractivity contribution is 5.78. The van der Waals surface area contributed by atoms with Crippen molar-refractivity contribution in [3.8, 4) is 0 Å². The third-order valence-corrected chi connectivity index (χ3v) is 4.20. The van der Waals surface area contributed by atoms with Crippen LogP contribution in [0.4, 0.5) is 11.6 Å². The summed E-state index contributed by atoms with van der Waals surface area (Å²) in [5, 5.41) is 3.24. The van der Waals surface area contributed by atoms with Crippen molar-refractivity contribution in [2.45, 2.75) is 32.7 Å². The van der Waals surface area contributed by atoms with E-state index in [9.17, 15) is 4.79 Å². The molecule has 3 N–H and O–H groups in total. The van der Waals surface area contributed by atoms with Crippen molar-refractivity contribution in [1.82, 2.24) is 19.9 Å². The lowest BCUT2D eigenvalue weighted by Gasteiger charge is -2.24. The number of aryl methyl sites for hydroxylation is 2. The molecule has 3 rings (SSSR count). The molecule has 0 spiro atoms. The summed E-state index contributed by atoms with van der Waals surface area (Å²) in [4.78, 5) is 27.2. The second-order valence-corrected chi connectivity index (χ2v) is 5.97. The molecule has 1 fully saturated rings. The van der Waals surface area contributed by atoms with Crippen molar-refractivity contribution in [3.05, 3.63) is 41.5 Å². The third kappa shape index (κ3) is 3.35. The van der Waals surface area contributed by atoms with Crippen LogP contribution in [0.5, 0.6) is 0 Å². The molecule has 1 aliphatic rings. The topological polar surface area (TPSA) is 97.0 Å². The highest BCUT2D eigenvalue weighted by Crippen LogP contribution is 2.32. The van der Waals surface area contributed by atoms with Crippen molar-refractivity contribution in [2.24, 2.45) is 5.73 Å². The van der Waals surface area contributed by atoms with E-state index in [0.29, 0.717) is 11.6 Å². The lowest BCUT2D eigenvalue weighted by atomic mass is 10.1. The number of aromatic nitrogens is 3. The van der Waals surface area contributed by atoms with Crippen LogP contribution < -0.4 is 11.1 Å². The molecule has 24 heavy (non-hydrogen) atoms. The molecule has 0 radical (unpaired) electrons. The first-order valence-electron chi connectivity index (χ1n) is 8.12. The maximum Gasteiger partial charge on any atom is 0.236 e. The minimum Gasteiger partial charge on any atom is -0.333 e. The first-order valence-corrected chi connectivity index (χ1v) is 8.12. The molecule has 1 atom stereocenters. The zero-order valence-electron chi connectivity index (χ0n) is 14.0. The van der Waals surface area contributed by atoms with Crippen molar-refractivity contribution in [3.63, 3.8) is 0 Å². The Labute approximate surface area is 141 Å². The predicted octanol–water partition coefficient (Wildman–Crippen LogP) is 1.85. The summed E-state index contributed by atoms with van der Waals surface area (Å²) < 4.78 is 0. The Morgan fingerprint density at radius 1 is 1.42 bits per heavy atom. The Bertz CT molecular complexity index is 748. The molecule has 0 saturated carbocycles. The van der Waals surface area contributed by atoms with E-state index in [1.165, 1.54) is 0 Å². The van der Waals surface area contributed by atoms with Gasteiger partial charge in [0, 0.05) is 18.8 Å². The zero-order chi connectivity index (χ0) is 17.1. The number of nitrogens with two attached hydrogens (primary N) is 1. The number of carbonyl (C=O) groups excluding carboxylic acids is 1. The molecule has 2 aromatic heterocycles. The Balaban J connectivity index is 1.89. The van der Waals surface area contributed by atoms with E-state index in [1.54, 1.807) is 6.20 Å². The minimum atomic E-state index is -0.0381. The number of rotatable bonds is 4. The van der Waals surface area contributed by atoms with E-state index in [0.717, 1.165) is 36.5 Å². The van der Waals surface area contributed by atoms with Gasteiger partial charge in [0.15, 0.2) is 0 Å².